The van der Waals surface area contributed by atoms with Gasteiger partial charge in [-0.25, -0.2) is 4.79 Å². The summed E-state index contributed by atoms with van der Waals surface area (Å²) in [6.07, 6.45) is 1.30. The Morgan fingerprint density at radius 1 is 1.42 bits per heavy atom. The fraction of sp³-hybridized carbons (Fsp3) is 0.0714. The lowest BCUT2D eigenvalue weighted by molar-refractivity contribution is 0.0695. The highest BCUT2D eigenvalue weighted by Crippen LogP contribution is 2.10. The van der Waals surface area contributed by atoms with Crippen molar-refractivity contribution in [1.29, 1.82) is 5.26 Å². The van der Waals surface area contributed by atoms with Crippen molar-refractivity contribution in [1.82, 2.24) is 4.98 Å². The molecule has 0 fully saturated rings. The van der Waals surface area contributed by atoms with Crippen molar-refractivity contribution < 1.29 is 9.90 Å². The third-order valence-corrected chi connectivity index (χ3v) is 2.51. The fourth-order valence-electron chi connectivity index (χ4n) is 1.64. The van der Waals surface area contributed by atoms with Crippen LogP contribution in [-0.2, 0) is 0 Å². The van der Waals surface area contributed by atoms with Crippen LogP contribution < -0.4 is 5.43 Å². The van der Waals surface area contributed by atoms with E-state index in [9.17, 15) is 9.59 Å². The van der Waals surface area contributed by atoms with Gasteiger partial charge < -0.3 is 10.1 Å². The van der Waals surface area contributed by atoms with E-state index in [-0.39, 0.29) is 12.0 Å². The maximum atomic E-state index is 11.9. The molecule has 19 heavy (non-hydrogen) atoms. The minimum atomic E-state index is -1.26. The molecule has 0 aliphatic carbocycles. The van der Waals surface area contributed by atoms with E-state index in [0.29, 0.717) is 16.5 Å². The minimum absolute atomic E-state index is 0.131. The van der Waals surface area contributed by atoms with Gasteiger partial charge in [0, 0.05) is 17.1 Å². The van der Waals surface area contributed by atoms with Crippen LogP contribution in [0.3, 0.4) is 0 Å². The smallest absolute Gasteiger partial charge is 0.341 e. The summed E-state index contributed by atoms with van der Waals surface area (Å²) >= 11 is 0. The second-order valence-electron chi connectivity index (χ2n) is 3.73. The first kappa shape index (κ1) is 12.4. The highest BCUT2D eigenvalue weighted by molar-refractivity contribution is 5.92. The number of nitrogens with one attached hydrogen (secondary N) is 1. The molecule has 5 heteroatoms. The van der Waals surface area contributed by atoms with Crippen molar-refractivity contribution in [3.63, 3.8) is 0 Å². The first-order chi connectivity index (χ1) is 9.13. The average Bonchev–Trinajstić information content (AvgIpc) is 2.39. The summed E-state index contributed by atoms with van der Waals surface area (Å²) in [6, 6.07) is 6.70. The number of carboxylic acids is 1. The largest absolute Gasteiger partial charge is 0.477 e. The Morgan fingerprint density at radius 2 is 2.21 bits per heavy atom. The van der Waals surface area contributed by atoms with Crippen LogP contribution in [0.1, 0.15) is 22.3 Å². The van der Waals surface area contributed by atoms with Gasteiger partial charge in [0.25, 0.3) is 0 Å². The second-order valence-corrected chi connectivity index (χ2v) is 3.73. The summed E-state index contributed by atoms with van der Waals surface area (Å²) in [6.45, 7) is 0. The van der Waals surface area contributed by atoms with Gasteiger partial charge in [-0.05, 0) is 18.2 Å². The number of rotatable bonds is 1. The molecule has 0 unspecified atom stereocenters. The number of hydrogen-bond acceptors (Lipinski definition) is 3. The van der Waals surface area contributed by atoms with Crippen molar-refractivity contribution in [2.45, 2.75) is 6.42 Å². The molecule has 5 nitrogen and oxygen atoms in total. The van der Waals surface area contributed by atoms with Crippen LogP contribution in [-0.4, -0.2) is 16.1 Å². The third kappa shape index (κ3) is 2.46. The molecule has 1 heterocycles. The number of nitriles is 1. The zero-order chi connectivity index (χ0) is 13.8. The van der Waals surface area contributed by atoms with Crippen molar-refractivity contribution in [2.24, 2.45) is 0 Å². The molecule has 0 aliphatic rings. The standard InChI is InChI=1S/C14H8N2O3/c15-6-2-1-3-9-4-5-10-12(7-9)16-8-11(13(10)17)14(18)19/h4-5,7-8H,2H2,(H,16,17)(H,18,19). The topological polar surface area (TPSA) is 93.9 Å². The van der Waals surface area contributed by atoms with Gasteiger partial charge in [0.2, 0.25) is 5.43 Å². The first-order valence-electron chi connectivity index (χ1n) is 5.38. The van der Waals surface area contributed by atoms with Gasteiger partial charge in [-0.15, -0.1) is 0 Å². The lowest BCUT2D eigenvalue weighted by atomic mass is 10.1. The molecule has 0 saturated carbocycles. The molecule has 0 saturated heterocycles. The molecule has 1 aromatic heterocycles. The molecule has 0 aliphatic heterocycles. The van der Waals surface area contributed by atoms with Gasteiger partial charge in [-0.3, -0.25) is 4.79 Å². The number of benzene rings is 1. The number of aromatic amines is 1. The molecule has 92 valence electrons. The number of nitrogens with zero attached hydrogens (tertiary/aromatic N) is 1. The molecule has 2 N–H and O–H groups in total. The van der Waals surface area contributed by atoms with Gasteiger partial charge in [0.1, 0.15) is 5.56 Å². The number of carboxylic acid groups (broad SMARTS) is 1. The van der Waals surface area contributed by atoms with Crippen LogP contribution in [0, 0.1) is 23.2 Å². The highest BCUT2D eigenvalue weighted by atomic mass is 16.4. The lowest BCUT2D eigenvalue weighted by Crippen LogP contribution is -2.15. The number of pyridine rings is 1. The third-order valence-electron chi connectivity index (χ3n) is 2.51. The van der Waals surface area contributed by atoms with E-state index >= 15 is 0 Å². The van der Waals surface area contributed by atoms with E-state index in [2.05, 4.69) is 16.8 Å². The molecule has 0 spiro atoms. The van der Waals surface area contributed by atoms with Gasteiger partial charge in [-0.2, -0.15) is 5.26 Å². The Labute approximate surface area is 108 Å². The highest BCUT2D eigenvalue weighted by Gasteiger charge is 2.11. The van der Waals surface area contributed by atoms with E-state index in [1.165, 1.54) is 12.3 Å². The van der Waals surface area contributed by atoms with Crippen LogP contribution in [0.25, 0.3) is 10.9 Å². The Hall–Kier alpha value is -3.05. The van der Waals surface area contributed by atoms with Crippen LogP contribution in [0.15, 0.2) is 29.2 Å². The maximum Gasteiger partial charge on any atom is 0.341 e. The molecule has 0 amide bonds. The number of hydrogen-bond donors (Lipinski definition) is 2. The van der Waals surface area contributed by atoms with Crippen molar-refractivity contribution in [3.8, 4) is 17.9 Å². The van der Waals surface area contributed by atoms with Crippen LogP contribution in [0.5, 0.6) is 0 Å². The Balaban J connectivity index is 2.57. The fourth-order valence-corrected chi connectivity index (χ4v) is 1.64. The van der Waals surface area contributed by atoms with Crippen LogP contribution >= 0.6 is 0 Å². The quantitative estimate of drug-likeness (QED) is 0.752. The molecule has 2 rings (SSSR count). The minimum Gasteiger partial charge on any atom is -0.477 e. The maximum absolute atomic E-state index is 11.9. The van der Waals surface area contributed by atoms with Gasteiger partial charge in [0.15, 0.2) is 0 Å². The molecule has 1 aromatic carbocycles. The van der Waals surface area contributed by atoms with E-state index in [1.54, 1.807) is 12.1 Å². The van der Waals surface area contributed by atoms with Crippen molar-refractivity contribution in [3.05, 3.63) is 45.7 Å². The molecule has 2 aromatic rings. The van der Waals surface area contributed by atoms with Crippen molar-refractivity contribution >= 4 is 16.9 Å². The number of aromatic nitrogens is 1. The molecule has 0 radical (unpaired) electrons. The Kier molecular flexibility index (Phi) is 3.31. The average molecular weight is 252 g/mol. The number of H-pyrrole nitrogens is 1. The molecule has 0 bridgehead atoms. The summed E-state index contributed by atoms with van der Waals surface area (Å²) in [5, 5.41) is 17.5. The van der Waals surface area contributed by atoms with E-state index in [0.717, 1.165) is 0 Å². The van der Waals surface area contributed by atoms with E-state index < -0.39 is 11.4 Å². The molecular formula is C14H8N2O3. The Morgan fingerprint density at radius 3 is 2.89 bits per heavy atom. The second kappa shape index (κ2) is 5.07. The molecular weight excluding hydrogens is 244 g/mol. The number of fused-ring (bicyclic) bond motifs is 1. The van der Waals surface area contributed by atoms with Gasteiger partial charge in [-0.1, -0.05) is 11.8 Å². The number of aromatic carboxylic acids is 1. The summed E-state index contributed by atoms with van der Waals surface area (Å²) < 4.78 is 0. The summed E-state index contributed by atoms with van der Waals surface area (Å²) in [5.41, 5.74) is 0.342. The van der Waals surface area contributed by atoms with Gasteiger partial charge >= 0.3 is 5.97 Å². The summed E-state index contributed by atoms with van der Waals surface area (Å²) in [7, 11) is 0. The zero-order valence-corrected chi connectivity index (χ0v) is 9.73. The number of carbonyl (C=O) groups is 1. The zero-order valence-electron chi connectivity index (χ0n) is 9.73. The monoisotopic (exact) mass is 252 g/mol. The predicted octanol–water partition coefficient (Wildman–Crippen LogP) is 1.49. The lowest BCUT2D eigenvalue weighted by Gasteiger charge is -2.00. The van der Waals surface area contributed by atoms with E-state index in [4.69, 9.17) is 10.4 Å². The van der Waals surface area contributed by atoms with E-state index in [1.807, 2.05) is 6.07 Å². The summed E-state index contributed by atoms with van der Waals surface area (Å²) in [4.78, 5) is 25.5. The van der Waals surface area contributed by atoms with Crippen molar-refractivity contribution in [2.75, 3.05) is 0 Å². The van der Waals surface area contributed by atoms with Crippen LogP contribution in [0.2, 0.25) is 0 Å². The van der Waals surface area contributed by atoms with Gasteiger partial charge in [0.05, 0.1) is 18.0 Å². The summed E-state index contributed by atoms with van der Waals surface area (Å²) in [5.74, 6) is 4.18. The SMILES string of the molecule is N#CCC#Cc1ccc2c(=O)c(C(=O)O)c[nH]c2c1. The predicted molar refractivity (Wildman–Crippen MR) is 68.6 cm³/mol. The first-order valence-corrected chi connectivity index (χ1v) is 5.38. The normalized spacial score (nSPS) is 9.42. The Bertz CT molecular complexity index is 816. The van der Waals surface area contributed by atoms with Crippen LogP contribution in [0.4, 0.5) is 0 Å². The molecule has 0 atom stereocenters.